The van der Waals surface area contributed by atoms with E-state index in [0.717, 1.165) is 18.1 Å². The molecule has 3 heteroatoms. The van der Waals surface area contributed by atoms with Crippen LogP contribution in [0.15, 0.2) is 24.3 Å². The van der Waals surface area contributed by atoms with Crippen LogP contribution in [-0.4, -0.2) is 19.2 Å². The first-order valence-corrected chi connectivity index (χ1v) is 8.74. The van der Waals surface area contributed by atoms with Crippen LogP contribution in [0.4, 0.5) is 0 Å². The fourth-order valence-electron chi connectivity index (χ4n) is 3.26. The SMILES string of the molecule is CCNCC(OC1CCCCC1CC)c1cccc(Cl)c1. The number of hydrogen-bond donors (Lipinski definition) is 1. The molecule has 21 heavy (non-hydrogen) atoms. The van der Waals surface area contributed by atoms with Crippen LogP contribution < -0.4 is 5.32 Å². The minimum absolute atomic E-state index is 0.0980. The molecule has 1 aliphatic rings. The van der Waals surface area contributed by atoms with Crippen LogP contribution >= 0.6 is 11.6 Å². The van der Waals surface area contributed by atoms with Crippen LogP contribution in [0.1, 0.15) is 57.6 Å². The van der Waals surface area contributed by atoms with E-state index in [4.69, 9.17) is 16.3 Å². The number of halogens is 1. The molecular formula is C18H28ClNO. The minimum atomic E-state index is 0.0980. The van der Waals surface area contributed by atoms with Gasteiger partial charge in [-0.3, -0.25) is 0 Å². The second-order valence-corrected chi connectivity index (χ2v) is 6.42. The van der Waals surface area contributed by atoms with E-state index < -0.39 is 0 Å². The maximum atomic E-state index is 6.52. The Kier molecular flexibility index (Phi) is 7.01. The Balaban J connectivity index is 2.08. The average Bonchev–Trinajstić information content (AvgIpc) is 2.51. The first-order chi connectivity index (χ1) is 10.2. The molecule has 0 heterocycles. The predicted octanol–water partition coefficient (Wildman–Crippen LogP) is 4.98. The van der Waals surface area contributed by atoms with E-state index in [1.54, 1.807) is 0 Å². The summed E-state index contributed by atoms with van der Waals surface area (Å²) < 4.78 is 6.52. The zero-order valence-electron chi connectivity index (χ0n) is 13.3. The normalized spacial score (nSPS) is 24.0. The first kappa shape index (κ1) is 16.8. The number of rotatable bonds is 7. The molecule has 1 saturated carbocycles. The quantitative estimate of drug-likeness (QED) is 0.767. The van der Waals surface area contributed by atoms with Crippen LogP contribution in [0.25, 0.3) is 0 Å². The monoisotopic (exact) mass is 309 g/mol. The Morgan fingerprint density at radius 2 is 2.10 bits per heavy atom. The lowest BCUT2D eigenvalue weighted by molar-refractivity contribution is -0.0614. The zero-order valence-corrected chi connectivity index (χ0v) is 14.0. The first-order valence-electron chi connectivity index (χ1n) is 8.36. The molecule has 0 aliphatic heterocycles. The molecule has 2 rings (SSSR count). The van der Waals surface area contributed by atoms with Crippen molar-refractivity contribution in [2.45, 2.75) is 58.2 Å². The van der Waals surface area contributed by atoms with Crippen molar-refractivity contribution in [3.05, 3.63) is 34.9 Å². The third-order valence-corrected chi connectivity index (χ3v) is 4.74. The lowest BCUT2D eigenvalue weighted by Gasteiger charge is -2.34. The molecule has 3 atom stereocenters. The smallest absolute Gasteiger partial charge is 0.0953 e. The largest absolute Gasteiger partial charge is 0.369 e. The van der Waals surface area contributed by atoms with Crippen molar-refractivity contribution in [2.75, 3.05) is 13.1 Å². The molecule has 0 radical (unpaired) electrons. The Morgan fingerprint density at radius 3 is 2.81 bits per heavy atom. The summed E-state index contributed by atoms with van der Waals surface area (Å²) in [5.74, 6) is 0.710. The standard InChI is InChI=1S/C18H28ClNO/c1-3-14-8-5-6-11-17(14)21-18(13-20-4-2)15-9-7-10-16(19)12-15/h7,9-10,12,14,17-18,20H,3-6,8,11,13H2,1-2H3. The fourth-order valence-corrected chi connectivity index (χ4v) is 3.46. The van der Waals surface area contributed by atoms with Crippen molar-refractivity contribution in [1.29, 1.82) is 0 Å². The molecule has 0 saturated heterocycles. The van der Waals surface area contributed by atoms with Gasteiger partial charge in [-0.25, -0.2) is 0 Å². The molecule has 0 spiro atoms. The second kappa shape index (κ2) is 8.77. The van der Waals surface area contributed by atoms with E-state index in [1.165, 1.54) is 37.7 Å². The van der Waals surface area contributed by atoms with E-state index in [9.17, 15) is 0 Å². The Bertz CT molecular complexity index is 423. The van der Waals surface area contributed by atoms with Crippen LogP contribution in [0.3, 0.4) is 0 Å². The number of benzene rings is 1. The number of hydrogen-bond acceptors (Lipinski definition) is 2. The van der Waals surface area contributed by atoms with Crippen molar-refractivity contribution in [1.82, 2.24) is 5.32 Å². The van der Waals surface area contributed by atoms with Gasteiger partial charge in [-0.05, 0) is 43.0 Å². The van der Waals surface area contributed by atoms with E-state index in [2.05, 4.69) is 25.2 Å². The molecule has 1 aliphatic carbocycles. The van der Waals surface area contributed by atoms with Gasteiger partial charge in [-0.15, -0.1) is 0 Å². The minimum Gasteiger partial charge on any atom is -0.369 e. The summed E-state index contributed by atoms with van der Waals surface area (Å²) in [6, 6.07) is 8.09. The van der Waals surface area contributed by atoms with Crippen LogP contribution in [0.2, 0.25) is 5.02 Å². The molecule has 3 unspecified atom stereocenters. The van der Waals surface area contributed by atoms with E-state index in [-0.39, 0.29) is 6.10 Å². The van der Waals surface area contributed by atoms with Crippen LogP contribution in [-0.2, 0) is 4.74 Å². The molecule has 118 valence electrons. The van der Waals surface area contributed by atoms with Gasteiger partial charge in [0.05, 0.1) is 12.2 Å². The van der Waals surface area contributed by atoms with Gasteiger partial charge in [0.15, 0.2) is 0 Å². The molecule has 1 aromatic carbocycles. The Labute approximate surface area is 134 Å². The molecular weight excluding hydrogens is 282 g/mol. The second-order valence-electron chi connectivity index (χ2n) is 5.98. The zero-order chi connectivity index (χ0) is 15.1. The summed E-state index contributed by atoms with van der Waals surface area (Å²) in [6.45, 7) is 6.22. The number of nitrogens with one attached hydrogen (secondary N) is 1. The predicted molar refractivity (Wildman–Crippen MR) is 89.9 cm³/mol. The molecule has 2 nitrogen and oxygen atoms in total. The van der Waals surface area contributed by atoms with Crippen molar-refractivity contribution in [2.24, 2.45) is 5.92 Å². The molecule has 1 aromatic rings. The summed E-state index contributed by atoms with van der Waals surface area (Å²) in [6.07, 6.45) is 6.87. The van der Waals surface area contributed by atoms with E-state index in [1.807, 2.05) is 18.2 Å². The molecule has 1 fully saturated rings. The van der Waals surface area contributed by atoms with Gasteiger partial charge in [0, 0.05) is 11.6 Å². The lowest BCUT2D eigenvalue weighted by Crippen LogP contribution is -2.32. The van der Waals surface area contributed by atoms with Crippen molar-refractivity contribution < 1.29 is 4.74 Å². The van der Waals surface area contributed by atoms with Gasteiger partial charge in [0.1, 0.15) is 0 Å². The van der Waals surface area contributed by atoms with Gasteiger partial charge < -0.3 is 10.1 Å². The number of likely N-dealkylation sites (N-methyl/N-ethyl adjacent to an activating group) is 1. The van der Waals surface area contributed by atoms with Gasteiger partial charge in [-0.2, -0.15) is 0 Å². The summed E-state index contributed by atoms with van der Waals surface area (Å²) in [4.78, 5) is 0. The van der Waals surface area contributed by atoms with Crippen molar-refractivity contribution in [3.8, 4) is 0 Å². The van der Waals surface area contributed by atoms with E-state index in [0.29, 0.717) is 12.0 Å². The van der Waals surface area contributed by atoms with Gasteiger partial charge in [0.2, 0.25) is 0 Å². The third-order valence-electron chi connectivity index (χ3n) is 4.50. The maximum Gasteiger partial charge on any atom is 0.0953 e. The van der Waals surface area contributed by atoms with Gasteiger partial charge in [-0.1, -0.05) is 56.8 Å². The van der Waals surface area contributed by atoms with Crippen molar-refractivity contribution >= 4 is 11.6 Å². The average molecular weight is 310 g/mol. The van der Waals surface area contributed by atoms with Crippen LogP contribution in [0.5, 0.6) is 0 Å². The molecule has 1 N–H and O–H groups in total. The third kappa shape index (κ3) is 4.98. The van der Waals surface area contributed by atoms with Gasteiger partial charge in [0.25, 0.3) is 0 Å². The maximum absolute atomic E-state index is 6.52. The summed E-state index contributed by atoms with van der Waals surface area (Å²) in [5, 5.41) is 4.21. The highest BCUT2D eigenvalue weighted by atomic mass is 35.5. The molecule has 0 aromatic heterocycles. The summed E-state index contributed by atoms with van der Waals surface area (Å²) in [7, 11) is 0. The molecule has 0 bridgehead atoms. The Morgan fingerprint density at radius 1 is 1.29 bits per heavy atom. The highest BCUT2D eigenvalue weighted by Gasteiger charge is 2.27. The Hall–Kier alpha value is -0.570. The van der Waals surface area contributed by atoms with Gasteiger partial charge >= 0.3 is 0 Å². The summed E-state index contributed by atoms with van der Waals surface area (Å²) in [5.41, 5.74) is 1.18. The van der Waals surface area contributed by atoms with Crippen molar-refractivity contribution in [3.63, 3.8) is 0 Å². The highest BCUT2D eigenvalue weighted by molar-refractivity contribution is 6.30. The summed E-state index contributed by atoms with van der Waals surface area (Å²) >= 11 is 6.15. The highest BCUT2D eigenvalue weighted by Crippen LogP contribution is 2.33. The topological polar surface area (TPSA) is 21.3 Å². The number of ether oxygens (including phenoxy) is 1. The lowest BCUT2D eigenvalue weighted by atomic mass is 9.84. The van der Waals surface area contributed by atoms with Crippen LogP contribution in [0, 0.1) is 5.92 Å². The fraction of sp³-hybridized carbons (Fsp3) is 0.667. The van der Waals surface area contributed by atoms with E-state index >= 15 is 0 Å². The molecule has 0 amide bonds.